The fraction of sp³-hybridized carbons (Fsp3) is 0.368. The molecular formula is C19H27N3OS. The number of allylic oxidation sites excluding steroid dienone is 4. The van der Waals surface area contributed by atoms with Crippen molar-refractivity contribution in [2.24, 2.45) is 10.9 Å². The molecule has 130 valence electrons. The van der Waals surface area contributed by atoms with Crippen molar-refractivity contribution in [1.29, 1.82) is 0 Å². The van der Waals surface area contributed by atoms with Crippen LogP contribution in [0.15, 0.2) is 64.2 Å². The second-order valence-electron chi connectivity index (χ2n) is 5.68. The second-order valence-corrected chi connectivity index (χ2v) is 6.68. The van der Waals surface area contributed by atoms with E-state index in [-0.39, 0.29) is 5.91 Å². The van der Waals surface area contributed by atoms with Gasteiger partial charge in [-0.25, -0.2) is 4.99 Å². The molecule has 0 bridgehead atoms. The topological polar surface area (TPSA) is 53.5 Å². The predicted octanol–water partition coefficient (Wildman–Crippen LogP) is 4.27. The van der Waals surface area contributed by atoms with Crippen molar-refractivity contribution in [3.8, 4) is 0 Å². The monoisotopic (exact) mass is 345 g/mol. The third-order valence-electron chi connectivity index (χ3n) is 3.11. The van der Waals surface area contributed by atoms with Crippen molar-refractivity contribution >= 4 is 23.9 Å². The van der Waals surface area contributed by atoms with Gasteiger partial charge < -0.3 is 10.6 Å². The zero-order chi connectivity index (χ0) is 17.8. The maximum atomic E-state index is 12.3. The Labute approximate surface area is 149 Å². The molecule has 0 aliphatic carbocycles. The fourth-order valence-electron chi connectivity index (χ4n) is 1.83. The number of nitrogens with one attached hydrogen (secondary N) is 2. The zero-order valence-corrected chi connectivity index (χ0v) is 15.4. The Bertz CT molecular complexity index is 571. The Morgan fingerprint density at radius 3 is 2.96 bits per heavy atom. The molecule has 0 aromatic heterocycles. The first-order chi connectivity index (χ1) is 11.5. The van der Waals surface area contributed by atoms with Gasteiger partial charge in [-0.05, 0) is 30.2 Å². The van der Waals surface area contributed by atoms with Gasteiger partial charge in [0.25, 0.3) is 5.91 Å². The van der Waals surface area contributed by atoms with E-state index in [2.05, 4.69) is 48.7 Å². The van der Waals surface area contributed by atoms with E-state index < -0.39 is 0 Å². The van der Waals surface area contributed by atoms with Crippen LogP contribution in [0.25, 0.3) is 0 Å². The maximum Gasteiger partial charge on any atom is 0.253 e. The lowest BCUT2D eigenvalue weighted by molar-refractivity contribution is -0.117. The Morgan fingerprint density at radius 1 is 1.46 bits per heavy atom. The first-order valence-corrected chi connectivity index (χ1v) is 8.99. The second kappa shape index (κ2) is 11.5. The van der Waals surface area contributed by atoms with Crippen LogP contribution in [0.5, 0.6) is 0 Å². The van der Waals surface area contributed by atoms with Gasteiger partial charge in [0.05, 0.1) is 6.67 Å². The molecule has 2 N–H and O–H groups in total. The molecule has 0 saturated carbocycles. The SMILES string of the molecule is C=CC/C=C\SC(=C)/C1=C/C/C=N\C(=C\CC(C)C)NCNC1=O. The van der Waals surface area contributed by atoms with Gasteiger partial charge >= 0.3 is 0 Å². The molecule has 0 radical (unpaired) electrons. The molecule has 0 unspecified atom stereocenters. The van der Waals surface area contributed by atoms with E-state index in [0.29, 0.717) is 24.6 Å². The molecule has 1 amide bonds. The number of aliphatic imine (C=N–C) groups is 1. The quantitative estimate of drug-likeness (QED) is 0.677. The molecule has 24 heavy (non-hydrogen) atoms. The highest BCUT2D eigenvalue weighted by Crippen LogP contribution is 2.24. The summed E-state index contributed by atoms with van der Waals surface area (Å²) in [5, 5.41) is 7.92. The van der Waals surface area contributed by atoms with E-state index in [9.17, 15) is 4.79 Å². The molecule has 1 heterocycles. The molecule has 0 aromatic rings. The van der Waals surface area contributed by atoms with E-state index in [0.717, 1.165) is 23.6 Å². The number of hydrogen-bond acceptors (Lipinski definition) is 4. The Kier molecular flexibility index (Phi) is 9.61. The molecule has 0 fully saturated rings. The van der Waals surface area contributed by atoms with Crippen LogP contribution in [-0.2, 0) is 4.79 Å². The average Bonchev–Trinajstić information content (AvgIpc) is 2.55. The van der Waals surface area contributed by atoms with Crippen LogP contribution < -0.4 is 10.6 Å². The van der Waals surface area contributed by atoms with Crippen molar-refractivity contribution in [2.45, 2.75) is 33.1 Å². The Balaban J connectivity index is 2.76. The predicted molar refractivity (Wildman–Crippen MR) is 106 cm³/mol. The van der Waals surface area contributed by atoms with Crippen LogP contribution in [0.3, 0.4) is 0 Å². The summed E-state index contributed by atoms with van der Waals surface area (Å²) in [5.41, 5.74) is 0.589. The summed E-state index contributed by atoms with van der Waals surface area (Å²) >= 11 is 1.44. The van der Waals surface area contributed by atoms with Crippen LogP contribution in [0.1, 0.15) is 33.1 Å². The van der Waals surface area contributed by atoms with E-state index >= 15 is 0 Å². The molecule has 1 rings (SSSR count). The standard InChI is InChI=1S/C19H27N3OS/c1-5-6-7-13-24-16(4)17-9-8-12-20-18(11-10-15(2)3)21-14-22-19(17)23/h5,7,9,11-13,15,21H,1,4,6,8,10,14H2,2-3H3,(H,22,23)/b13-7-,17-9-,18-11-,20-12-. The minimum Gasteiger partial charge on any atom is -0.353 e. The summed E-state index contributed by atoms with van der Waals surface area (Å²) in [7, 11) is 0. The summed E-state index contributed by atoms with van der Waals surface area (Å²) < 4.78 is 0. The number of amides is 1. The van der Waals surface area contributed by atoms with Crippen molar-refractivity contribution in [1.82, 2.24) is 10.6 Å². The minimum absolute atomic E-state index is 0.129. The summed E-state index contributed by atoms with van der Waals surface area (Å²) in [5.74, 6) is 1.23. The number of thioether (sulfide) groups is 1. The first-order valence-electron chi connectivity index (χ1n) is 8.11. The normalized spacial score (nSPS) is 21.0. The molecule has 1 aliphatic heterocycles. The molecule has 0 aromatic carbocycles. The van der Waals surface area contributed by atoms with Crippen molar-refractivity contribution in [3.05, 3.63) is 59.2 Å². The lowest BCUT2D eigenvalue weighted by atomic mass is 10.1. The van der Waals surface area contributed by atoms with Gasteiger partial charge in [-0.3, -0.25) is 4.79 Å². The summed E-state index contributed by atoms with van der Waals surface area (Å²) in [4.78, 5) is 17.5. The zero-order valence-electron chi connectivity index (χ0n) is 14.5. The summed E-state index contributed by atoms with van der Waals surface area (Å²) in [6, 6.07) is 0. The number of hydrogen-bond donors (Lipinski definition) is 2. The highest BCUT2D eigenvalue weighted by molar-refractivity contribution is 8.06. The van der Waals surface area contributed by atoms with Crippen molar-refractivity contribution in [3.63, 3.8) is 0 Å². The molecule has 0 spiro atoms. The highest BCUT2D eigenvalue weighted by Gasteiger charge is 2.12. The van der Waals surface area contributed by atoms with E-state index in [1.807, 2.05) is 29.9 Å². The largest absolute Gasteiger partial charge is 0.353 e. The van der Waals surface area contributed by atoms with Crippen molar-refractivity contribution in [2.75, 3.05) is 6.67 Å². The molecule has 4 nitrogen and oxygen atoms in total. The molecular weight excluding hydrogens is 318 g/mol. The number of carbonyl (C=O) groups is 1. The molecule has 5 heteroatoms. The van der Waals surface area contributed by atoms with Crippen LogP contribution in [0.2, 0.25) is 0 Å². The number of nitrogens with zero attached hydrogens (tertiary/aromatic N) is 1. The highest BCUT2D eigenvalue weighted by atomic mass is 32.2. The third kappa shape index (κ3) is 8.02. The van der Waals surface area contributed by atoms with E-state index in [4.69, 9.17) is 0 Å². The van der Waals surface area contributed by atoms with Gasteiger partial charge in [0, 0.05) is 23.1 Å². The molecule has 0 saturated heterocycles. The van der Waals surface area contributed by atoms with Gasteiger partial charge in [0.2, 0.25) is 0 Å². The lowest BCUT2D eigenvalue weighted by Crippen LogP contribution is -2.34. The molecule has 1 aliphatic rings. The maximum absolute atomic E-state index is 12.3. The smallest absolute Gasteiger partial charge is 0.253 e. The van der Waals surface area contributed by atoms with Gasteiger partial charge in [0.15, 0.2) is 0 Å². The average molecular weight is 346 g/mol. The van der Waals surface area contributed by atoms with Crippen LogP contribution >= 0.6 is 11.8 Å². The lowest BCUT2D eigenvalue weighted by Gasteiger charge is -2.13. The summed E-state index contributed by atoms with van der Waals surface area (Å²) in [6.07, 6.45) is 11.9. The number of rotatable bonds is 7. The van der Waals surface area contributed by atoms with E-state index in [1.54, 1.807) is 0 Å². The third-order valence-corrected chi connectivity index (χ3v) is 3.95. The van der Waals surface area contributed by atoms with Crippen LogP contribution in [-0.4, -0.2) is 18.8 Å². The van der Waals surface area contributed by atoms with Gasteiger partial charge in [-0.15, -0.1) is 6.58 Å². The molecule has 0 atom stereocenters. The Morgan fingerprint density at radius 2 is 2.25 bits per heavy atom. The van der Waals surface area contributed by atoms with Crippen LogP contribution in [0, 0.1) is 5.92 Å². The number of carbonyl (C=O) groups excluding carboxylic acids is 1. The fourth-order valence-corrected chi connectivity index (χ4v) is 2.50. The van der Waals surface area contributed by atoms with Gasteiger partial charge in [-0.1, -0.05) is 50.4 Å². The summed E-state index contributed by atoms with van der Waals surface area (Å²) in [6.45, 7) is 12.3. The van der Waals surface area contributed by atoms with Gasteiger partial charge in [0.1, 0.15) is 5.82 Å². The van der Waals surface area contributed by atoms with Gasteiger partial charge in [-0.2, -0.15) is 0 Å². The van der Waals surface area contributed by atoms with Crippen molar-refractivity contribution < 1.29 is 4.79 Å². The first kappa shape index (κ1) is 20.0. The van der Waals surface area contributed by atoms with E-state index in [1.165, 1.54) is 11.8 Å². The van der Waals surface area contributed by atoms with Crippen LogP contribution in [0.4, 0.5) is 0 Å². The minimum atomic E-state index is -0.129. The Hall–Kier alpha value is -2.01.